The van der Waals surface area contributed by atoms with Gasteiger partial charge in [0.25, 0.3) is 0 Å². The van der Waals surface area contributed by atoms with Gasteiger partial charge < -0.3 is 5.32 Å². The van der Waals surface area contributed by atoms with Gasteiger partial charge in [-0.25, -0.2) is 4.68 Å². The average molecular weight is 254 g/mol. The minimum atomic E-state index is -0.390. The third-order valence-corrected chi connectivity index (χ3v) is 3.95. The van der Waals surface area contributed by atoms with Gasteiger partial charge in [0.15, 0.2) is 0 Å². The smallest absolute Gasteiger partial charge is 0.209 e. The molecule has 0 radical (unpaired) electrons. The normalized spacial score (nSPS) is 14.2. The first kappa shape index (κ1) is 13.9. The van der Waals surface area contributed by atoms with Crippen LogP contribution in [0.5, 0.6) is 0 Å². The van der Waals surface area contributed by atoms with Crippen molar-refractivity contribution in [3.05, 3.63) is 0 Å². The maximum absolute atomic E-state index is 9.15. The molecule has 0 aliphatic rings. The highest BCUT2D eigenvalue weighted by molar-refractivity contribution is 7.99. The fraction of sp³-hybridized carbons (Fsp3) is 0.800. The fourth-order valence-corrected chi connectivity index (χ4v) is 2.34. The van der Waals surface area contributed by atoms with Crippen LogP contribution in [0.2, 0.25) is 0 Å². The maximum atomic E-state index is 9.15. The van der Waals surface area contributed by atoms with Crippen molar-refractivity contribution in [1.29, 1.82) is 5.26 Å². The van der Waals surface area contributed by atoms with E-state index < -0.39 is 5.54 Å². The number of aromatic nitrogens is 4. The standard InChI is InChI=1S/C10H18N6S/c1-4-10(8-11,12-2)6-5-7-17-9-13-14-15-16(9)3/h12H,4-7H2,1-3H3. The summed E-state index contributed by atoms with van der Waals surface area (Å²) in [5.74, 6) is 0.916. The van der Waals surface area contributed by atoms with Crippen molar-refractivity contribution in [3.8, 4) is 6.07 Å². The number of nitriles is 1. The molecule has 0 saturated heterocycles. The van der Waals surface area contributed by atoms with Gasteiger partial charge in [0.2, 0.25) is 5.16 Å². The molecule has 1 unspecified atom stereocenters. The van der Waals surface area contributed by atoms with Gasteiger partial charge in [-0.3, -0.25) is 0 Å². The number of hydrogen-bond donors (Lipinski definition) is 1. The van der Waals surface area contributed by atoms with Crippen molar-refractivity contribution in [1.82, 2.24) is 25.5 Å². The lowest BCUT2D eigenvalue weighted by Gasteiger charge is -2.24. The lowest BCUT2D eigenvalue weighted by atomic mass is 9.93. The number of nitrogens with zero attached hydrogens (tertiary/aromatic N) is 5. The average Bonchev–Trinajstić information content (AvgIpc) is 2.76. The molecule has 94 valence electrons. The highest BCUT2D eigenvalue weighted by Gasteiger charge is 2.24. The van der Waals surface area contributed by atoms with Gasteiger partial charge in [0.05, 0.1) is 6.07 Å². The lowest BCUT2D eigenvalue weighted by molar-refractivity contribution is 0.400. The predicted octanol–water partition coefficient (Wildman–Crippen LogP) is 0.974. The second-order valence-corrected chi connectivity index (χ2v) is 4.90. The zero-order valence-corrected chi connectivity index (χ0v) is 11.3. The van der Waals surface area contributed by atoms with Gasteiger partial charge in [-0.1, -0.05) is 18.7 Å². The van der Waals surface area contributed by atoms with E-state index in [0.29, 0.717) is 0 Å². The summed E-state index contributed by atoms with van der Waals surface area (Å²) in [6.07, 6.45) is 2.62. The van der Waals surface area contributed by atoms with Gasteiger partial charge in [-0.2, -0.15) is 5.26 Å². The van der Waals surface area contributed by atoms with E-state index in [0.717, 1.165) is 30.2 Å². The number of hydrogen-bond acceptors (Lipinski definition) is 6. The molecule has 0 saturated carbocycles. The van der Waals surface area contributed by atoms with Crippen LogP contribution >= 0.6 is 11.8 Å². The molecule has 1 rings (SSSR count). The molecule has 0 amide bonds. The van der Waals surface area contributed by atoms with Crippen molar-refractivity contribution < 1.29 is 0 Å². The van der Waals surface area contributed by atoms with Crippen LogP contribution in [0.4, 0.5) is 0 Å². The number of thioether (sulfide) groups is 1. The van der Waals surface area contributed by atoms with Crippen LogP contribution in [0.15, 0.2) is 5.16 Å². The van der Waals surface area contributed by atoms with E-state index in [1.54, 1.807) is 16.4 Å². The molecule has 1 aromatic heterocycles. The number of rotatable bonds is 7. The van der Waals surface area contributed by atoms with E-state index in [-0.39, 0.29) is 0 Å². The van der Waals surface area contributed by atoms with E-state index in [1.165, 1.54) is 0 Å². The third-order valence-electron chi connectivity index (χ3n) is 2.86. The van der Waals surface area contributed by atoms with Gasteiger partial charge >= 0.3 is 0 Å². The SMILES string of the molecule is CCC(C#N)(CCCSc1nnnn1C)NC. The number of tetrazole rings is 1. The fourth-order valence-electron chi connectivity index (χ4n) is 1.55. The Hall–Kier alpha value is -1.13. The van der Waals surface area contributed by atoms with Crippen molar-refractivity contribution in [2.75, 3.05) is 12.8 Å². The Morgan fingerprint density at radius 3 is 2.82 bits per heavy atom. The molecular weight excluding hydrogens is 236 g/mol. The van der Waals surface area contributed by atoms with Gasteiger partial charge in [0.1, 0.15) is 5.54 Å². The van der Waals surface area contributed by atoms with Crippen molar-refractivity contribution in [2.45, 2.75) is 36.9 Å². The van der Waals surface area contributed by atoms with E-state index in [4.69, 9.17) is 5.26 Å². The Kier molecular flexibility index (Phi) is 5.38. The zero-order valence-electron chi connectivity index (χ0n) is 10.5. The van der Waals surface area contributed by atoms with Gasteiger partial charge in [0, 0.05) is 12.8 Å². The number of nitrogens with one attached hydrogen (secondary N) is 1. The highest BCUT2D eigenvalue weighted by atomic mass is 32.2. The first-order valence-corrected chi connectivity index (χ1v) is 6.61. The van der Waals surface area contributed by atoms with Crippen molar-refractivity contribution in [2.24, 2.45) is 7.05 Å². The van der Waals surface area contributed by atoms with E-state index >= 15 is 0 Å². The summed E-state index contributed by atoms with van der Waals surface area (Å²) in [5.41, 5.74) is -0.390. The summed E-state index contributed by atoms with van der Waals surface area (Å²) < 4.78 is 1.65. The largest absolute Gasteiger partial charge is 0.302 e. The molecule has 1 atom stereocenters. The molecule has 1 heterocycles. The van der Waals surface area contributed by atoms with Gasteiger partial charge in [-0.15, -0.1) is 5.10 Å². The molecule has 0 aromatic carbocycles. The summed E-state index contributed by atoms with van der Waals surface area (Å²) >= 11 is 1.62. The summed E-state index contributed by atoms with van der Waals surface area (Å²) in [6, 6.07) is 2.35. The Balaban J connectivity index is 2.33. The third kappa shape index (κ3) is 3.68. The molecule has 1 aromatic rings. The second-order valence-electron chi connectivity index (χ2n) is 3.83. The maximum Gasteiger partial charge on any atom is 0.209 e. The second kappa shape index (κ2) is 6.57. The molecule has 0 fully saturated rings. The number of aryl methyl sites for hydroxylation is 1. The Morgan fingerprint density at radius 2 is 2.35 bits per heavy atom. The van der Waals surface area contributed by atoms with Crippen molar-refractivity contribution in [3.63, 3.8) is 0 Å². The molecule has 0 bridgehead atoms. The zero-order chi connectivity index (χ0) is 12.7. The molecule has 0 aliphatic carbocycles. The quantitative estimate of drug-likeness (QED) is 0.577. The van der Waals surface area contributed by atoms with Crippen molar-refractivity contribution >= 4 is 11.8 Å². The van der Waals surface area contributed by atoms with E-state index in [9.17, 15) is 0 Å². The molecular formula is C10H18N6S. The summed E-state index contributed by atoms with van der Waals surface area (Å²) in [6.45, 7) is 2.03. The van der Waals surface area contributed by atoms with Crippen LogP contribution in [0.3, 0.4) is 0 Å². The molecule has 1 N–H and O–H groups in total. The summed E-state index contributed by atoms with van der Waals surface area (Å²) in [7, 11) is 3.66. The van der Waals surface area contributed by atoms with E-state index in [2.05, 4.69) is 26.9 Å². The first-order valence-electron chi connectivity index (χ1n) is 5.63. The van der Waals surface area contributed by atoms with E-state index in [1.807, 2.05) is 21.0 Å². The van der Waals surface area contributed by atoms with Crippen LogP contribution in [0.1, 0.15) is 26.2 Å². The summed E-state index contributed by atoms with van der Waals surface area (Å²) in [4.78, 5) is 0. The highest BCUT2D eigenvalue weighted by Crippen LogP contribution is 2.20. The van der Waals surface area contributed by atoms with Gasteiger partial charge in [-0.05, 0) is 36.7 Å². The Labute approximate surface area is 106 Å². The van der Waals surface area contributed by atoms with Crippen LogP contribution in [-0.4, -0.2) is 38.5 Å². The predicted molar refractivity (Wildman–Crippen MR) is 66.5 cm³/mol. The minimum absolute atomic E-state index is 0.390. The molecule has 17 heavy (non-hydrogen) atoms. The van der Waals surface area contributed by atoms with Crippen LogP contribution < -0.4 is 5.32 Å². The molecule has 6 nitrogen and oxygen atoms in total. The lowest BCUT2D eigenvalue weighted by Crippen LogP contribution is -2.40. The molecule has 7 heteroatoms. The van der Waals surface area contributed by atoms with Crippen LogP contribution in [0, 0.1) is 11.3 Å². The van der Waals surface area contributed by atoms with Crippen LogP contribution in [-0.2, 0) is 7.05 Å². The molecule has 0 aliphatic heterocycles. The summed E-state index contributed by atoms with van der Waals surface area (Å²) in [5, 5.41) is 24.3. The topological polar surface area (TPSA) is 79.4 Å². The molecule has 0 spiro atoms. The Bertz CT molecular complexity index is 378. The Morgan fingerprint density at radius 1 is 1.59 bits per heavy atom. The first-order chi connectivity index (χ1) is 8.17. The monoisotopic (exact) mass is 254 g/mol. The van der Waals surface area contributed by atoms with Crippen LogP contribution in [0.25, 0.3) is 0 Å². The minimum Gasteiger partial charge on any atom is -0.302 e.